The van der Waals surface area contributed by atoms with Crippen LogP contribution in [0.3, 0.4) is 0 Å². The predicted molar refractivity (Wildman–Crippen MR) is 162 cm³/mol. The van der Waals surface area contributed by atoms with Gasteiger partial charge in [0.15, 0.2) is 6.61 Å². The highest BCUT2D eigenvalue weighted by molar-refractivity contribution is 7.89. The van der Waals surface area contributed by atoms with Gasteiger partial charge < -0.3 is 24.4 Å². The summed E-state index contributed by atoms with van der Waals surface area (Å²) in [4.78, 5) is 29.0. The molecule has 1 heterocycles. The van der Waals surface area contributed by atoms with Crippen molar-refractivity contribution in [1.29, 1.82) is 0 Å². The molecule has 0 spiro atoms. The summed E-state index contributed by atoms with van der Waals surface area (Å²) >= 11 is 0. The topological polar surface area (TPSA) is 114 Å². The van der Waals surface area contributed by atoms with Crippen LogP contribution < -0.4 is 14.8 Å². The van der Waals surface area contributed by atoms with E-state index in [2.05, 4.69) is 5.32 Å². The first-order valence-corrected chi connectivity index (χ1v) is 15.7. The van der Waals surface area contributed by atoms with Crippen LogP contribution in [0.5, 0.6) is 11.5 Å². The van der Waals surface area contributed by atoms with Crippen LogP contribution in [0.15, 0.2) is 83.8 Å². The fraction of sp³-hybridized carbons (Fsp3) is 0.375. The summed E-state index contributed by atoms with van der Waals surface area (Å²) in [5, 5.41) is 2.98. The molecule has 3 aromatic rings. The van der Waals surface area contributed by atoms with Gasteiger partial charge in [-0.1, -0.05) is 56.3 Å². The molecule has 43 heavy (non-hydrogen) atoms. The zero-order chi connectivity index (χ0) is 30.8. The van der Waals surface area contributed by atoms with Gasteiger partial charge in [0.05, 0.1) is 25.2 Å². The molecule has 3 aromatic carbocycles. The minimum atomic E-state index is -3.66. The summed E-state index contributed by atoms with van der Waals surface area (Å²) in [5.41, 5.74) is 1.48. The smallest absolute Gasteiger partial charge is 0.261 e. The lowest BCUT2D eigenvalue weighted by molar-refractivity contribution is -0.143. The van der Waals surface area contributed by atoms with Gasteiger partial charge in [0.2, 0.25) is 15.9 Å². The van der Waals surface area contributed by atoms with Crippen molar-refractivity contribution in [3.63, 3.8) is 0 Å². The largest absolute Gasteiger partial charge is 0.497 e. The maximum absolute atomic E-state index is 13.8. The maximum atomic E-state index is 13.8. The number of rotatable bonds is 13. The van der Waals surface area contributed by atoms with E-state index in [9.17, 15) is 18.0 Å². The Morgan fingerprint density at radius 1 is 0.930 bits per heavy atom. The van der Waals surface area contributed by atoms with E-state index in [0.29, 0.717) is 49.9 Å². The van der Waals surface area contributed by atoms with Gasteiger partial charge in [-0.2, -0.15) is 4.31 Å². The van der Waals surface area contributed by atoms with Crippen LogP contribution in [0.1, 0.15) is 31.0 Å². The van der Waals surface area contributed by atoms with Crippen molar-refractivity contribution in [3.8, 4) is 11.5 Å². The van der Waals surface area contributed by atoms with Gasteiger partial charge >= 0.3 is 0 Å². The average Bonchev–Trinajstić information content (AvgIpc) is 3.03. The highest BCUT2D eigenvalue weighted by Crippen LogP contribution is 2.26. The van der Waals surface area contributed by atoms with Crippen LogP contribution in [-0.4, -0.2) is 76.0 Å². The number of hydrogen-bond acceptors (Lipinski definition) is 7. The zero-order valence-electron chi connectivity index (χ0n) is 24.8. The molecule has 1 saturated heterocycles. The standard InChI is InChI=1S/C32H39N3O7S/c1-24(2)21-33-32(37)31(26-7-5-4-6-8-26)35(22-25-9-11-27(40-3)12-10-25)30(36)23-42-28-13-15-29(16-14-28)43(38,39)34-17-19-41-20-18-34/h4-16,24,31H,17-23H2,1-3H3,(H,33,37)/t31-/m1/s1. The van der Waals surface area contributed by atoms with Gasteiger partial charge in [0.25, 0.3) is 5.91 Å². The van der Waals surface area contributed by atoms with E-state index in [-0.39, 0.29) is 29.9 Å². The molecule has 4 rings (SSSR count). The Hall–Kier alpha value is -3.93. The Balaban J connectivity index is 1.56. The van der Waals surface area contributed by atoms with E-state index < -0.39 is 22.0 Å². The van der Waals surface area contributed by atoms with Gasteiger partial charge in [-0.3, -0.25) is 9.59 Å². The number of carbonyl (C=O) groups is 2. The van der Waals surface area contributed by atoms with Crippen molar-refractivity contribution in [2.75, 3.05) is 46.6 Å². The molecule has 1 atom stereocenters. The lowest BCUT2D eigenvalue weighted by Gasteiger charge is -2.32. The highest BCUT2D eigenvalue weighted by Gasteiger charge is 2.32. The second-order valence-corrected chi connectivity index (χ2v) is 12.5. The molecule has 11 heteroatoms. The second kappa shape index (κ2) is 15.0. The number of methoxy groups -OCH3 is 1. The first kappa shape index (κ1) is 32.0. The first-order valence-electron chi connectivity index (χ1n) is 14.2. The Morgan fingerprint density at radius 2 is 1.56 bits per heavy atom. The summed E-state index contributed by atoms with van der Waals surface area (Å²) < 4.78 is 43.7. The quantitative estimate of drug-likeness (QED) is 0.315. The molecule has 1 fully saturated rings. The van der Waals surface area contributed by atoms with Crippen LogP contribution in [0.4, 0.5) is 0 Å². The van der Waals surface area contributed by atoms with Crippen LogP contribution in [0, 0.1) is 5.92 Å². The Bertz CT molecular complexity index is 1440. The average molecular weight is 610 g/mol. The summed E-state index contributed by atoms with van der Waals surface area (Å²) in [6, 6.07) is 21.5. The molecule has 0 unspecified atom stereocenters. The Kier molecular flexibility index (Phi) is 11.2. The Morgan fingerprint density at radius 3 is 2.16 bits per heavy atom. The number of nitrogens with one attached hydrogen (secondary N) is 1. The van der Waals surface area contributed by atoms with Crippen LogP contribution in [-0.2, 0) is 30.9 Å². The summed E-state index contributed by atoms with van der Waals surface area (Å²) in [6.45, 7) is 5.57. The predicted octanol–water partition coefficient (Wildman–Crippen LogP) is 3.64. The minimum Gasteiger partial charge on any atom is -0.497 e. The molecule has 230 valence electrons. The highest BCUT2D eigenvalue weighted by atomic mass is 32.2. The summed E-state index contributed by atoms with van der Waals surface area (Å²) in [7, 11) is -2.08. The number of benzene rings is 3. The molecular weight excluding hydrogens is 570 g/mol. The number of sulfonamides is 1. The number of hydrogen-bond donors (Lipinski definition) is 1. The van der Waals surface area contributed by atoms with Crippen molar-refractivity contribution in [3.05, 3.63) is 90.0 Å². The second-order valence-electron chi connectivity index (χ2n) is 10.6. The minimum absolute atomic E-state index is 0.139. The van der Waals surface area contributed by atoms with Crippen LogP contribution >= 0.6 is 0 Å². The van der Waals surface area contributed by atoms with Crippen molar-refractivity contribution in [2.24, 2.45) is 5.92 Å². The van der Waals surface area contributed by atoms with E-state index >= 15 is 0 Å². The van der Waals surface area contributed by atoms with E-state index in [1.807, 2.05) is 56.3 Å². The van der Waals surface area contributed by atoms with Gasteiger partial charge in [-0.15, -0.1) is 0 Å². The van der Waals surface area contributed by atoms with Crippen molar-refractivity contribution < 1.29 is 32.2 Å². The van der Waals surface area contributed by atoms with E-state index in [4.69, 9.17) is 14.2 Å². The first-order chi connectivity index (χ1) is 20.7. The van der Waals surface area contributed by atoms with Gasteiger partial charge in [0, 0.05) is 26.2 Å². The zero-order valence-corrected chi connectivity index (χ0v) is 25.6. The lowest BCUT2D eigenvalue weighted by atomic mass is 10.0. The third kappa shape index (κ3) is 8.56. The van der Waals surface area contributed by atoms with Crippen molar-refractivity contribution >= 4 is 21.8 Å². The molecule has 0 radical (unpaired) electrons. The van der Waals surface area contributed by atoms with Crippen LogP contribution in [0.2, 0.25) is 0 Å². The molecule has 1 aliphatic rings. The molecular formula is C32H39N3O7S. The third-order valence-corrected chi connectivity index (χ3v) is 8.90. The molecule has 10 nitrogen and oxygen atoms in total. The number of carbonyl (C=O) groups excluding carboxylic acids is 2. The number of morpholine rings is 1. The van der Waals surface area contributed by atoms with Gasteiger partial charge in [-0.25, -0.2) is 8.42 Å². The molecule has 0 saturated carbocycles. The van der Waals surface area contributed by atoms with Gasteiger partial charge in [-0.05, 0) is 53.4 Å². The molecule has 0 bridgehead atoms. The molecule has 1 N–H and O–H groups in total. The number of nitrogens with zero attached hydrogens (tertiary/aromatic N) is 2. The molecule has 1 aliphatic heterocycles. The molecule has 0 aliphatic carbocycles. The molecule has 0 aromatic heterocycles. The van der Waals surface area contributed by atoms with Crippen LogP contribution in [0.25, 0.3) is 0 Å². The lowest BCUT2D eigenvalue weighted by Crippen LogP contribution is -2.45. The number of ether oxygens (including phenoxy) is 3. The normalized spacial score (nSPS) is 14.6. The van der Waals surface area contributed by atoms with Crippen molar-refractivity contribution in [1.82, 2.24) is 14.5 Å². The monoisotopic (exact) mass is 609 g/mol. The fourth-order valence-corrected chi connectivity index (χ4v) is 6.04. The SMILES string of the molecule is COc1ccc(CN(C(=O)COc2ccc(S(=O)(=O)N3CCOCC3)cc2)[C@@H](C(=O)NCC(C)C)c2ccccc2)cc1. The van der Waals surface area contributed by atoms with Gasteiger partial charge in [0.1, 0.15) is 17.5 Å². The van der Waals surface area contributed by atoms with Crippen molar-refractivity contribution in [2.45, 2.75) is 31.3 Å². The summed E-state index contributed by atoms with van der Waals surface area (Å²) in [6.07, 6.45) is 0. The summed E-state index contributed by atoms with van der Waals surface area (Å²) in [5.74, 6) is 0.538. The third-order valence-electron chi connectivity index (χ3n) is 6.99. The fourth-order valence-electron chi connectivity index (χ4n) is 4.63. The number of amides is 2. The van der Waals surface area contributed by atoms with E-state index in [1.54, 1.807) is 19.2 Å². The Labute approximate surface area is 253 Å². The molecule has 2 amide bonds. The van der Waals surface area contributed by atoms with E-state index in [1.165, 1.54) is 33.5 Å². The maximum Gasteiger partial charge on any atom is 0.261 e. The van der Waals surface area contributed by atoms with E-state index in [0.717, 1.165) is 5.56 Å².